The molecule has 0 bridgehead atoms. The summed E-state index contributed by atoms with van der Waals surface area (Å²) in [6.07, 6.45) is 0. The average Bonchev–Trinajstić information content (AvgIpc) is 3.06. The lowest BCUT2D eigenvalue weighted by Gasteiger charge is -2.12. The van der Waals surface area contributed by atoms with E-state index in [9.17, 15) is 18.4 Å². The average molecular weight is 437 g/mol. The lowest BCUT2D eigenvalue weighted by atomic mass is 10.1. The van der Waals surface area contributed by atoms with Crippen LogP contribution in [0.2, 0.25) is 0 Å². The summed E-state index contributed by atoms with van der Waals surface area (Å²) in [5.74, 6) is -2.72. The third kappa shape index (κ3) is 3.83. The molecule has 2 aromatic heterocycles. The number of hydrogen-bond acceptors (Lipinski definition) is 6. The molecule has 32 heavy (non-hydrogen) atoms. The maximum absolute atomic E-state index is 14.2. The molecule has 0 spiro atoms. The Morgan fingerprint density at radius 2 is 1.81 bits per heavy atom. The number of aryl methyl sites for hydroxylation is 1. The molecule has 5 N–H and O–H groups in total. The topological polar surface area (TPSA) is 142 Å². The van der Waals surface area contributed by atoms with Crippen molar-refractivity contribution in [1.82, 2.24) is 19.7 Å². The van der Waals surface area contributed by atoms with Crippen LogP contribution in [0.3, 0.4) is 0 Å². The van der Waals surface area contributed by atoms with Gasteiger partial charge in [-0.2, -0.15) is 4.98 Å². The number of primary amides is 2. The minimum atomic E-state index is -0.866. The molecule has 0 radical (unpaired) electrons. The smallest absolute Gasteiger partial charge is 0.273 e. The van der Waals surface area contributed by atoms with Gasteiger partial charge in [0.05, 0.1) is 11.1 Å². The number of carbonyl (C=O) groups excluding carboxylic acids is 2. The molecule has 0 aliphatic rings. The molecule has 0 aliphatic carbocycles. The fraction of sp³-hybridized carbons (Fsp3) is 0.0952. The minimum absolute atomic E-state index is 0.00487. The van der Waals surface area contributed by atoms with Crippen molar-refractivity contribution in [3.63, 3.8) is 0 Å². The van der Waals surface area contributed by atoms with Crippen LogP contribution in [-0.4, -0.2) is 31.6 Å². The highest BCUT2D eigenvalue weighted by Gasteiger charge is 2.20. The van der Waals surface area contributed by atoms with Crippen molar-refractivity contribution in [1.29, 1.82) is 0 Å². The van der Waals surface area contributed by atoms with Gasteiger partial charge < -0.3 is 16.8 Å². The molecule has 4 aromatic rings. The molecule has 0 fully saturated rings. The van der Waals surface area contributed by atoms with Crippen LogP contribution >= 0.6 is 0 Å². The standard InChI is InChI=1S/C21H17F2N7O2/c1-10-5-14-15(18(24)31)7-13(23)8-16(14)30(10)21-27-20(17(19(25)32)28-29-21)26-9-11-3-2-4-12(22)6-11/h2-8H,9H2,1H3,(H2,24,31)(H2,25,32)(H,26,27,29). The quantitative estimate of drug-likeness (QED) is 0.422. The lowest BCUT2D eigenvalue weighted by Crippen LogP contribution is -2.20. The zero-order chi connectivity index (χ0) is 23.0. The summed E-state index contributed by atoms with van der Waals surface area (Å²) >= 11 is 0. The van der Waals surface area contributed by atoms with Crippen molar-refractivity contribution in [2.24, 2.45) is 11.5 Å². The molecular weight excluding hydrogens is 420 g/mol. The van der Waals surface area contributed by atoms with E-state index in [1.807, 2.05) is 0 Å². The molecule has 0 saturated heterocycles. The highest BCUT2D eigenvalue weighted by atomic mass is 19.1. The maximum Gasteiger partial charge on any atom is 0.273 e. The number of nitrogens with zero attached hydrogens (tertiary/aromatic N) is 4. The predicted molar refractivity (Wildman–Crippen MR) is 112 cm³/mol. The normalized spacial score (nSPS) is 11.0. The first kappa shape index (κ1) is 20.8. The van der Waals surface area contributed by atoms with E-state index in [4.69, 9.17) is 11.5 Å². The van der Waals surface area contributed by atoms with Gasteiger partial charge in [0.2, 0.25) is 5.91 Å². The number of amides is 2. The molecule has 0 atom stereocenters. The van der Waals surface area contributed by atoms with E-state index in [0.717, 1.165) is 6.07 Å². The highest BCUT2D eigenvalue weighted by molar-refractivity contribution is 6.06. The number of aromatic nitrogens is 4. The van der Waals surface area contributed by atoms with E-state index >= 15 is 0 Å². The summed E-state index contributed by atoms with van der Waals surface area (Å²) in [6, 6.07) is 9.76. The van der Waals surface area contributed by atoms with Crippen LogP contribution in [0.25, 0.3) is 16.9 Å². The Balaban J connectivity index is 1.82. The van der Waals surface area contributed by atoms with Crippen LogP contribution in [0, 0.1) is 18.6 Å². The molecule has 162 valence electrons. The fourth-order valence-electron chi connectivity index (χ4n) is 3.41. The van der Waals surface area contributed by atoms with Crippen LogP contribution in [0.15, 0.2) is 42.5 Å². The van der Waals surface area contributed by atoms with Gasteiger partial charge in [-0.25, -0.2) is 8.78 Å². The number of benzene rings is 2. The molecule has 0 saturated carbocycles. The van der Waals surface area contributed by atoms with Gasteiger partial charge >= 0.3 is 0 Å². The maximum atomic E-state index is 14.2. The van der Waals surface area contributed by atoms with Crippen molar-refractivity contribution >= 4 is 28.5 Å². The zero-order valence-electron chi connectivity index (χ0n) is 16.8. The first-order chi connectivity index (χ1) is 15.2. The van der Waals surface area contributed by atoms with E-state index in [0.29, 0.717) is 22.2 Å². The SMILES string of the molecule is Cc1cc2c(C(N)=O)cc(F)cc2n1-c1nnc(C(N)=O)c(NCc2cccc(F)c2)n1. The number of fused-ring (bicyclic) bond motifs is 1. The third-order valence-corrected chi connectivity index (χ3v) is 4.79. The molecule has 2 heterocycles. The van der Waals surface area contributed by atoms with Crippen molar-refractivity contribution in [3.8, 4) is 5.95 Å². The van der Waals surface area contributed by atoms with E-state index < -0.39 is 23.4 Å². The summed E-state index contributed by atoms with van der Waals surface area (Å²) in [5.41, 5.74) is 12.0. The van der Waals surface area contributed by atoms with Crippen LogP contribution in [0.1, 0.15) is 32.1 Å². The molecule has 9 nitrogen and oxygen atoms in total. The third-order valence-electron chi connectivity index (χ3n) is 4.79. The second-order valence-electron chi connectivity index (χ2n) is 7.03. The van der Waals surface area contributed by atoms with Gasteiger partial charge in [0.15, 0.2) is 11.5 Å². The van der Waals surface area contributed by atoms with Gasteiger partial charge in [0, 0.05) is 17.6 Å². The molecule has 0 unspecified atom stereocenters. The van der Waals surface area contributed by atoms with Crippen LogP contribution in [0.4, 0.5) is 14.6 Å². The second-order valence-corrected chi connectivity index (χ2v) is 7.03. The van der Waals surface area contributed by atoms with Gasteiger partial charge in [0.1, 0.15) is 11.6 Å². The van der Waals surface area contributed by atoms with Crippen LogP contribution in [0.5, 0.6) is 0 Å². The lowest BCUT2D eigenvalue weighted by molar-refractivity contribution is 0.0989. The number of anilines is 1. The van der Waals surface area contributed by atoms with Crippen LogP contribution < -0.4 is 16.8 Å². The van der Waals surface area contributed by atoms with Gasteiger partial charge in [-0.15, -0.1) is 10.2 Å². The second kappa shape index (κ2) is 8.02. The first-order valence-electron chi connectivity index (χ1n) is 9.39. The fourth-order valence-corrected chi connectivity index (χ4v) is 3.41. The summed E-state index contributed by atoms with van der Waals surface area (Å²) in [6.45, 7) is 1.83. The largest absolute Gasteiger partial charge is 0.366 e. The Morgan fingerprint density at radius 3 is 2.50 bits per heavy atom. The summed E-state index contributed by atoms with van der Waals surface area (Å²) < 4.78 is 29.1. The molecule has 2 aromatic carbocycles. The number of nitrogens with one attached hydrogen (secondary N) is 1. The molecule has 11 heteroatoms. The van der Waals surface area contributed by atoms with Crippen LogP contribution in [-0.2, 0) is 6.54 Å². The van der Waals surface area contributed by atoms with Gasteiger partial charge in [-0.05, 0) is 42.8 Å². The van der Waals surface area contributed by atoms with E-state index in [1.54, 1.807) is 25.1 Å². The predicted octanol–water partition coefficient (Wildman–Crippen LogP) is 2.21. The van der Waals surface area contributed by atoms with Gasteiger partial charge in [0.25, 0.3) is 11.9 Å². The number of rotatable bonds is 6. The van der Waals surface area contributed by atoms with Gasteiger partial charge in [-0.1, -0.05) is 12.1 Å². The summed E-state index contributed by atoms with van der Waals surface area (Å²) in [7, 11) is 0. The van der Waals surface area contributed by atoms with Crippen molar-refractivity contribution in [3.05, 3.63) is 76.6 Å². The number of nitrogens with two attached hydrogens (primary N) is 2. The summed E-state index contributed by atoms with van der Waals surface area (Å²) in [4.78, 5) is 27.9. The molecule has 0 aliphatic heterocycles. The Morgan fingerprint density at radius 1 is 1.03 bits per heavy atom. The van der Waals surface area contributed by atoms with Gasteiger partial charge in [-0.3, -0.25) is 14.2 Å². The molecular formula is C21H17F2N7O2. The summed E-state index contributed by atoms with van der Waals surface area (Å²) in [5, 5.41) is 11.1. The Labute approximate surface area is 180 Å². The Bertz CT molecular complexity index is 1380. The van der Waals surface area contributed by atoms with Crippen molar-refractivity contribution < 1.29 is 18.4 Å². The number of halogens is 2. The minimum Gasteiger partial charge on any atom is -0.366 e. The molecule has 4 rings (SSSR count). The molecule has 2 amide bonds. The van der Waals surface area contributed by atoms with Crippen molar-refractivity contribution in [2.45, 2.75) is 13.5 Å². The Kier molecular flexibility index (Phi) is 5.23. The Hall–Kier alpha value is -4.41. The number of carbonyl (C=O) groups is 2. The zero-order valence-corrected chi connectivity index (χ0v) is 16.8. The van der Waals surface area contributed by atoms with E-state index in [-0.39, 0.29) is 29.6 Å². The number of hydrogen-bond donors (Lipinski definition) is 3. The highest BCUT2D eigenvalue weighted by Crippen LogP contribution is 2.27. The van der Waals surface area contributed by atoms with E-state index in [2.05, 4.69) is 20.5 Å². The van der Waals surface area contributed by atoms with Crippen molar-refractivity contribution in [2.75, 3.05) is 5.32 Å². The monoisotopic (exact) mass is 437 g/mol. The first-order valence-corrected chi connectivity index (χ1v) is 9.39. The van der Waals surface area contributed by atoms with E-state index in [1.165, 1.54) is 22.8 Å².